The molecule has 1 aliphatic rings. The summed E-state index contributed by atoms with van der Waals surface area (Å²) in [5, 5.41) is 3.17. The van der Waals surface area contributed by atoms with E-state index in [1.807, 2.05) is 24.9 Å². The number of hydrogen-bond acceptors (Lipinski definition) is 3. The highest BCUT2D eigenvalue weighted by molar-refractivity contribution is 5.91. The van der Waals surface area contributed by atoms with Crippen molar-refractivity contribution >= 4 is 5.91 Å². The van der Waals surface area contributed by atoms with Crippen molar-refractivity contribution < 1.29 is 9.21 Å². The topological polar surface area (TPSA) is 45.5 Å². The van der Waals surface area contributed by atoms with E-state index in [9.17, 15) is 4.79 Å². The Morgan fingerprint density at radius 3 is 3.00 bits per heavy atom. The number of carbonyl (C=O) groups excluding carboxylic acids is 1. The summed E-state index contributed by atoms with van der Waals surface area (Å²) in [6, 6.07) is 3.99. The Morgan fingerprint density at radius 1 is 1.50 bits per heavy atom. The van der Waals surface area contributed by atoms with E-state index in [0.717, 1.165) is 38.1 Å². The van der Waals surface area contributed by atoms with Gasteiger partial charge in [0.25, 0.3) is 5.91 Å². The molecule has 0 aliphatic carbocycles. The van der Waals surface area contributed by atoms with E-state index in [2.05, 4.69) is 5.32 Å². The molecule has 1 unspecified atom stereocenters. The number of furan rings is 1. The van der Waals surface area contributed by atoms with Crippen molar-refractivity contribution in [2.24, 2.45) is 0 Å². The lowest BCUT2D eigenvalue weighted by atomic mass is 10.0. The van der Waals surface area contributed by atoms with Crippen LogP contribution in [0.3, 0.4) is 0 Å². The van der Waals surface area contributed by atoms with Crippen LogP contribution in [0.4, 0.5) is 0 Å². The summed E-state index contributed by atoms with van der Waals surface area (Å²) in [6.45, 7) is 3.72. The third-order valence-electron chi connectivity index (χ3n) is 3.55. The zero-order chi connectivity index (χ0) is 13.0. The summed E-state index contributed by atoms with van der Waals surface area (Å²) < 4.78 is 5.56. The van der Waals surface area contributed by atoms with Gasteiger partial charge in [-0.15, -0.1) is 0 Å². The van der Waals surface area contributed by atoms with Gasteiger partial charge in [-0.3, -0.25) is 4.79 Å². The number of carbonyl (C=O) groups is 1. The maximum absolute atomic E-state index is 12.4. The predicted octanol–water partition coefficient (Wildman–Crippen LogP) is 2.06. The molecule has 4 nitrogen and oxygen atoms in total. The first-order valence-electron chi connectivity index (χ1n) is 6.80. The molecule has 1 N–H and O–H groups in total. The number of likely N-dealkylation sites (N-methyl/N-ethyl adjacent to an activating group) is 1. The molecular weight excluding hydrogens is 228 g/mol. The Balaban J connectivity index is 2.10. The Labute approximate surface area is 108 Å². The van der Waals surface area contributed by atoms with Gasteiger partial charge >= 0.3 is 0 Å². The highest BCUT2D eigenvalue weighted by atomic mass is 16.4. The summed E-state index contributed by atoms with van der Waals surface area (Å²) in [5.41, 5.74) is 0. The summed E-state index contributed by atoms with van der Waals surface area (Å²) in [6.07, 6.45) is 4.20. The summed E-state index contributed by atoms with van der Waals surface area (Å²) in [7, 11) is 1.93. The molecule has 1 amide bonds. The minimum absolute atomic E-state index is 0.0367. The van der Waals surface area contributed by atoms with E-state index >= 15 is 0 Å². The third kappa shape index (κ3) is 2.75. The summed E-state index contributed by atoms with van der Waals surface area (Å²) in [4.78, 5) is 14.4. The first kappa shape index (κ1) is 13.1. The molecule has 0 bridgehead atoms. The standard InChI is InChI=1S/C14H22N2O2/c1-3-12-7-8-13(18-12)14(17)16-9-5-4-6-11(16)10-15-2/h7-8,11,15H,3-6,9-10H2,1-2H3. The van der Waals surface area contributed by atoms with Gasteiger partial charge in [0.05, 0.1) is 0 Å². The molecule has 2 rings (SSSR count). The van der Waals surface area contributed by atoms with Gasteiger partial charge in [0.2, 0.25) is 0 Å². The molecule has 4 heteroatoms. The second-order valence-electron chi connectivity index (χ2n) is 4.83. The van der Waals surface area contributed by atoms with Crippen molar-refractivity contribution in [2.45, 2.75) is 38.6 Å². The number of nitrogens with one attached hydrogen (secondary N) is 1. The number of piperidine rings is 1. The number of hydrogen-bond donors (Lipinski definition) is 1. The van der Waals surface area contributed by atoms with E-state index < -0.39 is 0 Å². The molecule has 1 fully saturated rings. The first-order chi connectivity index (χ1) is 8.76. The third-order valence-corrected chi connectivity index (χ3v) is 3.55. The maximum atomic E-state index is 12.4. The van der Waals surface area contributed by atoms with Crippen molar-refractivity contribution in [1.29, 1.82) is 0 Å². The Hall–Kier alpha value is -1.29. The Bertz CT molecular complexity index is 398. The van der Waals surface area contributed by atoms with Gasteiger partial charge in [-0.2, -0.15) is 0 Å². The minimum Gasteiger partial charge on any atom is -0.456 e. The van der Waals surface area contributed by atoms with Crippen molar-refractivity contribution in [3.05, 3.63) is 23.7 Å². The molecule has 1 atom stereocenters. The Morgan fingerprint density at radius 2 is 2.33 bits per heavy atom. The van der Waals surface area contributed by atoms with E-state index in [-0.39, 0.29) is 5.91 Å². The second kappa shape index (κ2) is 6.05. The molecule has 2 heterocycles. The normalized spacial score (nSPS) is 20.1. The van der Waals surface area contributed by atoms with Crippen LogP contribution in [0.5, 0.6) is 0 Å². The smallest absolute Gasteiger partial charge is 0.289 e. The van der Waals surface area contributed by atoms with Gasteiger partial charge in [0, 0.05) is 25.6 Å². The fraction of sp³-hybridized carbons (Fsp3) is 0.643. The fourth-order valence-electron chi connectivity index (χ4n) is 2.54. The van der Waals surface area contributed by atoms with Crippen molar-refractivity contribution in [2.75, 3.05) is 20.1 Å². The molecule has 0 saturated carbocycles. The van der Waals surface area contributed by atoms with Crippen LogP contribution in [0.25, 0.3) is 0 Å². The zero-order valence-electron chi connectivity index (χ0n) is 11.2. The van der Waals surface area contributed by atoms with Crippen molar-refractivity contribution in [3.8, 4) is 0 Å². The number of rotatable bonds is 4. The second-order valence-corrected chi connectivity index (χ2v) is 4.83. The van der Waals surface area contributed by atoms with Crippen LogP contribution in [-0.4, -0.2) is 37.0 Å². The van der Waals surface area contributed by atoms with Gasteiger partial charge in [-0.05, 0) is 38.4 Å². The largest absolute Gasteiger partial charge is 0.456 e. The van der Waals surface area contributed by atoms with Crippen LogP contribution < -0.4 is 5.32 Å². The van der Waals surface area contributed by atoms with Gasteiger partial charge in [-0.25, -0.2) is 0 Å². The molecular formula is C14H22N2O2. The van der Waals surface area contributed by atoms with Crippen LogP contribution in [0.1, 0.15) is 42.5 Å². The summed E-state index contributed by atoms with van der Waals surface area (Å²) in [5.74, 6) is 1.39. The average molecular weight is 250 g/mol. The van der Waals surface area contributed by atoms with Crippen LogP contribution in [0.2, 0.25) is 0 Å². The molecule has 0 radical (unpaired) electrons. The van der Waals surface area contributed by atoms with E-state index in [0.29, 0.717) is 11.8 Å². The lowest BCUT2D eigenvalue weighted by Crippen LogP contribution is -2.47. The zero-order valence-corrected chi connectivity index (χ0v) is 11.2. The lowest BCUT2D eigenvalue weighted by molar-refractivity contribution is 0.0581. The molecule has 1 aliphatic heterocycles. The molecule has 0 aromatic carbocycles. The molecule has 1 aromatic heterocycles. The van der Waals surface area contributed by atoms with Gasteiger partial charge < -0.3 is 14.6 Å². The molecule has 1 aromatic rings. The number of amides is 1. The van der Waals surface area contributed by atoms with E-state index in [4.69, 9.17) is 4.42 Å². The van der Waals surface area contributed by atoms with E-state index in [1.165, 1.54) is 6.42 Å². The highest BCUT2D eigenvalue weighted by Crippen LogP contribution is 2.20. The maximum Gasteiger partial charge on any atom is 0.289 e. The van der Waals surface area contributed by atoms with Gasteiger partial charge in [0.15, 0.2) is 5.76 Å². The van der Waals surface area contributed by atoms with Crippen molar-refractivity contribution in [1.82, 2.24) is 10.2 Å². The fourth-order valence-corrected chi connectivity index (χ4v) is 2.54. The molecule has 100 valence electrons. The molecule has 0 spiro atoms. The van der Waals surface area contributed by atoms with Gasteiger partial charge in [0.1, 0.15) is 5.76 Å². The quantitative estimate of drug-likeness (QED) is 0.889. The van der Waals surface area contributed by atoms with E-state index in [1.54, 1.807) is 6.07 Å². The van der Waals surface area contributed by atoms with Crippen molar-refractivity contribution in [3.63, 3.8) is 0 Å². The summed E-state index contributed by atoms with van der Waals surface area (Å²) >= 11 is 0. The Kier molecular flexibility index (Phi) is 4.42. The van der Waals surface area contributed by atoms with Gasteiger partial charge in [-0.1, -0.05) is 6.92 Å². The number of aryl methyl sites for hydroxylation is 1. The average Bonchev–Trinajstić information content (AvgIpc) is 2.88. The first-order valence-corrected chi connectivity index (χ1v) is 6.80. The minimum atomic E-state index is 0.0367. The number of likely N-dealkylation sites (tertiary alicyclic amines) is 1. The number of nitrogens with zero attached hydrogens (tertiary/aromatic N) is 1. The monoisotopic (exact) mass is 250 g/mol. The highest BCUT2D eigenvalue weighted by Gasteiger charge is 2.28. The van der Waals surface area contributed by atoms with Crippen LogP contribution in [0, 0.1) is 0 Å². The predicted molar refractivity (Wildman–Crippen MR) is 70.7 cm³/mol. The molecule has 18 heavy (non-hydrogen) atoms. The SMILES string of the molecule is CCc1ccc(C(=O)N2CCCCC2CNC)o1. The van der Waals surface area contributed by atoms with Crippen LogP contribution in [0.15, 0.2) is 16.5 Å². The van der Waals surface area contributed by atoms with Crippen LogP contribution >= 0.6 is 0 Å². The molecule has 1 saturated heterocycles. The lowest BCUT2D eigenvalue weighted by Gasteiger charge is -2.35. The van der Waals surface area contributed by atoms with Crippen LogP contribution in [-0.2, 0) is 6.42 Å².